The summed E-state index contributed by atoms with van der Waals surface area (Å²) in [7, 11) is 3.61. The number of rotatable bonds is 9. The molecule has 15 heteroatoms. The molecule has 0 spiro atoms. The second-order valence-electron chi connectivity index (χ2n) is 13.0. The minimum absolute atomic E-state index is 0.0516. The molecular weight excluding hydrogens is 684 g/mol. The molecule has 3 aromatic heterocycles. The molecule has 2 saturated heterocycles. The number of carbonyl (C=O) groups is 1. The number of nitrogens with one attached hydrogen (secondary N) is 1. The highest BCUT2D eigenvalue weighted by atomic mass is 35.5. The van der Waals surface area contributed by atoms with E-state index in [4.69, 9.17) is 37.7 Å². The molecule has 2 aliphatic heterocycles. The van der Waals surface area contributed by atoms with Crippen LogP contribution in [0.4, 0.5) is 4.39 Å². The fourth-order valence-electron chi connectivity index (χ4n) is 7.36. The Morgan fingerprint density at radius 2 is 2.00 bits per heavy atom. The summed E-state index contributed by atoms with van der Waals surface area (Å²) in [5.74, 6) is -0.647. The van der Waals surface area contributed by atoms with Crippen LogP contribution in [0.3, 0.4) is 0 Å². The molecule has 2 aromatic carbocycles. The van der Waals surface area contributed by atoms with E-state index in [2.05, 4.69) is 38.5 Å². The molecule has 2 aliphatic rings. The number of amides is 1. The third-order valence-electron chi connectivity index (χ3n) is 10.0. The summed E-state index contributed by atoms with van der Waals surface area (Å²) < 4.78 is 30.3. The average molecular weight is 721 g/mol. The quantitative estimate of drug-likeness (QED) is 0.172. The van der Waals surface area contributed by atoms with Gasteiger partial charge in [-0.2, -0.15) is 10.4 Å². The Kier molecular flexibility index (Phi) is 9.63. The number of halogens is 3. The van der Waals surface area contributed by atoms with Gasteiger partial charge in [0.15, 0.2) is 11.3 Å². The standard InChI is InChI=1S/C35H36Cl2FN9O3/c1-19-25(36)16-27-24(17-40-42-27)29(19)30-26(37)15-23-32(31(30)38)41-35(50-18-22-6-4-11-45(22)2)33-34(23)47(44-43-33)21-9-12-46(20(14-21)8-10-39)28(48)7-5-13-49-3/h5,7,15-17,20-22H,4,6,8-9,11-14,18H2,1-3H3,(H,40,42)/b7-5+/t20-,21+,22+/m1/s1. The number of pyridine rings is 1. The molecule has 7 rings (SSSR count). The van der Waals surface area contributed by atoms with Gasteiger partial charge in [-0.3, -0.25) is 9.89 Å². The van der Waals surface area contributed by atoms with E-state index in [0.29, 0.717) is 76.1 Å². The number of benzene rings is 2. The predicted molar refractivity (Wildman–Crippen MR) is 189 cm³/mol. The van der Waals surface area contributed by atoms with Crippen molar-refractivity contribution in [3.8, 4) is 23.1 Å². The maximum atomic E-state index is 17.2. The number of piperidine rings is 1. The lowest BCUT2D eigenvalue weighted by Gasteiger charge is -2.38. The van der Waals surface area contributed by atoms with Crippen LogP contribution in [0.2, 0.25) is 10.0 Å². The molecule has 0 unspecified atom stereocenters. The number of likely N-dealkylation sites (tertiary alicyclic amines) is 2. The SMILES string of the molecule is COC/C=C/C(=O)N1CC[C@H](n2nnc3c(OC[C@@H]4CCCN4C)nc4c(F)c(-c5c(C)c(Cl)cc6[nH]ncc56)c(Cl)cc4c32)C[C@H]1CC#N. The summed E-state index contributed by atoms with van der Waals surface area (Å²) in [6.07, 6.45) is 7.91. The van der Waals surface area contributed by atoms with Crippen molar-refractivity contribution >= 4 is 61.9 Å². The summed E-state index contributed by atoms with van der Waals surface area (Å²) in [5.41, 5.74) is 2.93. The molecule has 5 aromatic rings. The lowest BCUT2D eigenvalue weighted by Crippen LogP contribution is -2.46. The van der Waals surface area contributed by atoms with Crippen LogP contribution in [0, 0.1) is 24.1 Å². The lowest BCUT2D eigenvalue weighted by atomic mass is 9.94. The van der Waals surface area contributed by atoms with E-state index in [1.807, 2.05) is 6.92 Å². The number of nitriles is 1. The van der Waals surface area contributed by atoms with Crippen LogP contribution in [0.5, 0.6) is 5.88 Å². The molecular formula is C35H36Cl2FN9O3. The van der Waals surface area contributed by atoms with Crippen molar-refractivity contribution in [1.29, 1.82) is 5.26 Å². The van der Waals surface area contributed by atoms with Crippen molar-refractivity contribution < 1.29 is 18.7 Å². The zero-order chi connectivity index (χ0) is 35.1. The van der Waals surface area contributed by atoms with Gasteiger partial charge in [0.25, 0.3) is 0 Å². The molecule has 260 valence electrons. The zero-order valence-electron chi connectivity index (χ0n) is 27.9. The van der Waals surface area contributed by atoms with Crippen molar-refractivity contribution in [2.24, 2.45) is 0 Å². The third kappa shape index (κ3) is 6.04. The summed E-state index contributed by atoms with van der Waals surface area (Å²) in [4.78, 5) is 21.8. The van der Waals surface area contributed by atoms with Gasteiger partial charge in [-0.15, -0.1) is 5.10 Å². The van der Waals surface area contributed by atoms with Gasteiger partial charge in [0.2, 0.25) is 11.8 Å². The van der Waals surface area contributed by atoms with E-state index in [1.165, 1.54) is 6.08 Å². The van der Waals surface area contributed by atoms with Crippen molar-refractivity contribution in [1.82, 2.24) is 40.0 Å². The van der Waals surface area contributed by atoms with Gasteiger partial charge in [0, 0.05) is 58.7 Å². The first-order chi connectivity index (χ1) is 24.2. The molecule has 3 atom stereocenters. The summed E-state index contributed by atoms with van der Waals surface area (Å²) >= 11 is 13.6. The Labute approximate surface area is 297 Å². The number of carbonyl (C=O) groups excluding carboxylic acids is 1. The van der Waals surface area contributed by atoms with Crippen molar-refractivity contribution in [2.45, 2.75) is 57.2 Å². The Morgan fingerprint density at radius 1 is 1.16 bits per heavy atom. The van der Waals surface area contributed by atoms with Crippen LogP contribution in [0.15, 0.2) is 30.5 Å². The first kappa shape index (κ1) is 34.1. The maximum Gasteiger partial charge on any atom is 0.246 e. The van der Waals surface area contributed by atoms with Crippen molar-refractivity contribution in [2.75, 3.05) is 40.5 Å². The number of nitrogens with zero attached hydrogens (tertiary/aromatic N) is 8. The predicted octanol–water partition coefficient (Wildman–Crippen LogP) is 6.40. The van der Waals surface area contributed by atoms with Crippen LogP contribution < -0.4 is 4.74 Å². The van der Waals surface area contributed by atoms with Crippen LogP contribution in [0.1, 0.15) is 43.7 Å². The van der Waals surface area contributed by atoms with E-state index in [-0.39, 0.29) is 52.4 Å². The highest BCUT2D eigenvalue weighted by molar-refractivity contribution is 6.36. The Balaban J connectivity index is 1.37. The first-order valence-corrected chi connectivity index (χ1v) is 17.3. The largest absolute Gasteiger partial charge is 0.474 e. The minimum Gasteiger partial charge on any atom is -0.474 e. The molecule has 0 radical (unpaired) electrons. The van der Waals surface area contributed by atoms with Crippen LogP contribution >= 0.6 is 23.2 Å². The summed E-state index contributed by atoms with van der Waals surface area (Å²) in [6.45, 7) is 3.83. The number of methoxy groups -OCH3 is 1. The number of hydrogen-bond acceptors (Lipinski definition) is 9. The van der Waals surface area contributed by atoms with Gasteiger partial charge in [-0.05, 0) is 63.9 Å². The van der Waals surface area contributed by atoms with Gasteiger partial charge in [-0.25, -0.2) is 14.1 Å². The second kappa shape index (κ2) is 14.1. The summed E-state index contributed by atoms with van der Waals surface area (Å²) in [6, 6.07) is 5.23. The van der Waals surface area contributed by atoms with Gasteiger partial charge in [-0.1, -0.05) is 34.5 Å². The fourth-order valence-corrected chi connectivity index (χ4v) is 7.85. The third-order valence-corrected chi connectivity index (χ3v) is 10.7. The smallest absolute Gasteiger partial charge is 0.246 e. The number of aromatic nitrogens is 6. The normalized spacial score (nSPS) is 20.1. The number of H-pyrrole nitrogens is 1. The van der Waals surface area contributed by atoms with E-state index >= 15 is 4.39 Å². The Bertz CT molecular complexity index is 2180. The average Bonchev–Trinajstić information content (AvgIpc) is 3.86. The zero-order valence-corrected chi connectivity index (χ0v) is 29.4. The number of fused-ring (bicyclic) bond motifs is 4. The maximum absolute atomic E-state index is 17.2. The Morgan fingerprint density at radius 3 is 2.76 bits per heavy atom. The monoisotopic (exact) mass is 719 g/mol. The number of ether oxygens (including phenoxy) is 2. The van der Waals surface area contributed by atoms with Crippen LogP contribution in [-0.4, -0.2) is 98.4 Å². The van der Waals surface area contributed by atoms with E-state index in [9.17, 15) is 10.1 Å². The lowest BCUT2D eigenvalue weighted by molar-refractivity contribution is -0.130. The molecule has 50 heavy (non-hydrogen) atoms. The molecule has 2 fully saturated rings. The van der Waals surface area contributed by atoms with Crippen LogP contribution in [0.25, 0.3) is 44.0 Å². The fraction of sp³-hybridized carbons (Fsp3) is 0.429. The molecule has 1 N–H and O–H groups in total. The Hall–Kier alpha value is -4.35. The number of likely N-dealkylation sites (N-methyl/N-ethyl adjacent to an activating group) is 1. The second-order valence-corrected chi connectivity index (χ2v) is 13.8. The van der Waals surface area contributed by atoms with E-state index in [1.54, 1.807) is 41.1 Å². The molecule has 1 amide bonds. The van der Waals surface area contributed by atoms with Crippen molar-refractivity contribution in [3.05, 3.63) is 51.9 Å². The van der Waals surface area contributed by atoms with Gasteiger partial charge in [0.1, 0.15) is 17.6 Å². The van der Waals surface area contributed by atoms with Crippen LogP contribution in [-0.2, 0) is 9.53 Å². The number of aromatic amines is 1. The van der Waals surface area contributed by atoms with Crippen molar-refractivity contribution in [3.63, 3.8) is 0 Å². The molecule has 0 bridgehead atoms. The highest BCUT2D eigenvalue weighted by Crippen LogP contribution is 2.45. The molecule has 5 heterocycles. The number of hydrogen-bond donors (Lipinski definition) is 1. The van der Waals surface area contributed by atoms with Gasteiger partial charge < -0.3 is 19.3 Å². The highest BCUT2D eigenvalue weighted by Gasteiger charge is 2.34. The molecule has 0 saturated carbocycles. The van der Waals surface area contributed by atoms with E-state index < -0.39 is 5.82 Å². The molecule has 12 nitrogen and oxygen atoms in total. The minimum atomic E-state index is -0.636. The summed E-state index contributed by atoms with van der Waals surface area (Å²) in [5, 5.41) is 27.5. The van der Waals surface area contributed by atoms with Gasteiger partial charge in [0.05, 0.1) is 41.9 Å². The van der Waals surface area contributed by atoms with Gasteiger partial charge >= 0.3 is 0 Å². The molecule has 0 aliphatic carbocycles. The topological polar surface area (TPSA) is 138 Å². The first-order valence-electron chi connectivity index (χ1n) is 16.6. The van der Waals surface area contributed by atoms with E-state index in [0.717, 1.165) is 19.4 Å².